The van der Waals surface area contributed by atoms with Crippen molar-refractivity contribution in [1.82, 2.24) is 0 Å². The van der Waals surface area contributed by atoms with Gasteiger partial charge in [0.15, 0.2) is 0 Å². The quantitative estimate of drug-likeness (QED) is 0.0535. The minimum absolute atomic E-state index is 0.0870. The van der Waals surface area contributed by atoms with Crippen molar-refractivity contribution in [3.63, 3.8) is 0 Å². The Bertz CT molecular complexity index is 2250. The van der Waals surface area contributed by atoms with Crippen molar-refractivity contribution in [3.8, 4) is 34.5 Å². The molecule has 85 heavy (non-hydrogen) atoms. The van der Waals surface area contributed by atoms with Crippen LogP contribution in [0.2, 0.25) is 0 Å². The first-order valence-corrected chi connectivity index (χ1v) is 31.3. The molecule has 0 radical (unpaired) electrons. The van der Waals surface area contributed by atoms with Crippen molar-refractivity contribution in [2.45, 2.75) is 163 Å². The summed E-state index contributed by atoms with van der Waals surface area (Å²) in [6, 6.07) is 50.1. The number of ether oxygens (including phenoxy) is 12. The molecule has 6 unspecified atom stereocenters. The molecule has 0 saturated carbocycles. The fraction of sp³-hybridized carbons (Fsp3) is 0.507. The third-order valence-electron chi connectivity index (χ3n) is 14.5. The molecule has 0 spiro atoms. The zero-order valence-electron chi connectivity index (χ0n) is 53.6. The van der Waals surface area contributed by atoms with Crippen LogP contribution in [0.4, 0.5) is 0 Å². The Balaban J connectivity index is 0.000000189. The van der Waals surface area contributed by atoms with Gasteiger partial charge in [-0.05, 0) is 106 Å². The number of epoxide rings is 6. The summed E-state index contributed by atoms with van der Waals surface area (Å²) < 4.78 is 65.3. The van der Waals surface area contributed by atoms with Crippen LogP contribution in [0.25, 0.3) is 0 Å². The molecule has 6 saturated heterocycles. The predicted octanol–water partition coefficient (Wildman–Crippen LogP) is 15.6. The standard InChI is InChI=1S/3C21H24O4.2C3H8.2C2H6/c3*1-21(2,15-3-7-17(8-4-15)22-11-19-13-24-19)16-5-9-18(10-6-16)23-12-20-14-25-20;2*1-3-2;2*1-2/h3*3-10,19-20H,11-14H2,1-2H3;2*3H2,1-2H3;2*1-2H3. The normalized spacial score (nSPS) is 19.7. The van der Waals surface area contributed by atoms with E-state index in [0.29, 0.717) is 39.6 Å². The van der Waals surface area contributed by atoms with Crippen LogP contribution in [-0.4, -0.2) is 116 Å². The first-order chi connectivity index (χ1) is 41.2. The summed E-state index contributed by atoms with van der Waals surface area (Å²) in [4.78, 5) is 0. The van der Waals surface area contributed by atoms with E-state index < -0.39 is 0 Å². The maximum Gasteiger partial charge on any atom is 0.119 e. The van der Waals surface area contributed by atoms with Gasteiger partial charge in [-0.25, -0.2) is 0 Å². The van der Waals surface area contributed by atoms with Crippen LogP contribution >= 0.6 is 0 Å². The Morgan fingerprint density at radius 2 is 0.365 bits per heavy atom. The minimum Gasteiger partial charge on any atom is -0.491 e. The largest absolute Gasteiger partial charge is 0.491 e. The average Bonchev–Trinajstić information content (AvgIpc) is 4.48. The van der Waals surface area contributed by atoms with E-state index in [2.05, 4.69) is 142 Å². The molecule has 0 N–H and O–H groups in total. The molecule has 0 bridgehead atoms. The van der Waals surface area contributed by atoms with Gasteiger partial charge in [-0.3, -0.25) is 0 Å². The summed E-state index contributed by atoms with van der Waals surface area (Å²) >= 11 is 0. The summed E-state index contributed by atoms with van der Waals surface area (Å²) in [6.07, 6.45) is 4.19. The zero-order chi connectivity index (χ0) is 61.2. The Kier molecular flexibility index (Phi) is 27.4. The smallest absolute Gasteiger partial charge is 0.119 e. The topological polar surface area (TPSA) is 131 Å². The van der Waals surface area contributed by atoms with E-state index in [9.17, 15) is 0 Å². The molecule has 0 aromatic heterocycles. The summed E-state index contributed by atoms with van der Waals surface area (Å²) in [6.45, 7) is 38.6. The summed E-state index contributed by atoms with van der Waals surface area (Å²) in [5.74, 6) is 5.34. The molecule has 6 heterocycles. The molecular formula is C73H100O12. The highest BCUT2D eigenvalue weighted by Gasteiger charge is 2.30. The van der Waals surface area contributed by atoms with Crippen LogP contribution in [-0.2, 0) is 44.7 Å². The van der Waals surface area contributed by atoms with Gasteiger partial charge in [-0.1, -0.05) is 183 Å². The van der Waals surface area contributed by atoms with E-state index in [1.807, 2.05) is 100 Å². The van der Waals surface area contributed by atoms with Crippen molar-refractivity contribution in [3.05, 3.63) is 179 Å². The second-order valence-electron chi connectivity index (χ2n) is 23.0. The minimum atomic E-state index is -0.0870. The van der Waals surface area contributed by atoms with E-state index in [-0.39, 0.29) is 52.9 Å². The Hall–Kier alpha value is -6.12. The molecular weight excluding hydrogens is 1070 g/mol. The summed E-state index contributed by atoms with van der Waals surface area (Å²) in [7, 11) is 0. The van der Waals surface area contributed by atoms with E-state index in [4.69, 9.17) is 56.8 Å². The lowest BCUT2D eigenvalue weighted by Crippen LogP contribution is -2.18. The van der Waals surface area contributed by atoms with Crippen LogP contribution in [0, 0.1) is 0 Å². The third-order valence-corrected chi connectivity index (χ3v) is 14.5. The molecule has 464 valence electrons. The lowest BCUT2D eigenvalue weighted by atomic mass is 9.78. The van der Waals surface area contributed by atoms with Gasteiger partial charge in [0.05, 0.1) is 39.6 Å². The zero-order valence-corrected chi connectivity index (χ0v) is 53.6. The SMILES string of the molecule is CC.CC.CC(C)(c1ccc(OCC2CO2)cc1)c1ccc(OCC2CO2)cc1.CC(C)(c1ccc(OCC2CO2)cc1)c1ccc(OCC2CO2)cc1.CC(C)(c1ccc(OCC2CO2)cc1)c1ccc(OCC2CO2)cc1.CCC.CCC. The van der Waals surface area contributed by atoms with E-state index in [1.165, 1.54) is 46.2 Å². The van der Waals surface area contributed by atoms with Crippen molar-refractivity contribution in [2.75, 3.05) is 79.3 Å². The van der Waals surface area contributed by atoms with Gasteiger partial charge in [0.2, 0.25) is 0 Å². The van der Waals surface area contributed by atoms with Crippen LogP contribution < -0.4 is 28.4 Å². The fourth-order valence-corrected chi connectivity index (χ4v) is 8.43. The van der Waals surface area contributed by atoms with Gasteiger partial charge in [-0.2, -0.15) is 0 Å². The molecule has 12 rings (SSSR count). The van der Waals surface area contributed by atoms with Gasteiger partial charge in [0.1, 0.15) is 111 Å². The Morgan fingerprint density at radius 1 is 0.259 bits per heavy atom. The maximum absolute atomic E-state index is 5.72. The molecule has 6 fully saturated rings. The first-order valence-electron chi connectivity index (χ1n) is 31.3. The summed E-state index contributed by atoms with van der Waals surface area (Å²) in [5, 5.41) is 0. The highest BCUT2D eigenvalue weighted by Crippen LogP contribution is 2.37. The van der Waals surface area contributed by atoms with Gasteiger partial charge >= 0.3 is 0 Å². The number of benzene rings is 6. The third kappa shape index (κ3) is 23.6. The summed E-state index contributed by atoms with van der Waals surface area (Å²) in [5.41, 5.74) is 7.25. The molecule has 6 aromatic rings. The van der Waals surface area contributed by atoms with Gasteiger partial charge in [0, 0.05) is 16.2 Å². The van der Waals surface area contributed by atoms with Gasteiger partial charge in [0.25, 0.3) is 0 Å². The van der Waals surface area contributed by atoms with Gasteiger partial charge in [-0.15, -0.1) is 0 Å². The highest BCUT2D eigenvalue weighted by atomic mass is 16.6. The Labute approximate surface area is 510 Å². The molecule has 6 aromatic carbocycles. The fourth-order valence-electron chi connectivity index (χ4n) is 8.43. The van der Waals surface area contributed by atoms with E-state index >= 15 is 0 Å². The number of hydrogen-bond acceptors (Lipinski definition) is 12. The van der Waals surface area contributed by atoms with Crippen molar-refractivity contribution < 1.29 is 56.8 Å². The molecule has 0 aliphatic carbocycles. The predicted molar refractivity (Wildman–Crippen MR) is 341 cm³/mol. The number of rotatable bonds is 24. The lowest BCUT2D eigenvalue weighted by molar-refractivity contribution is 0.263. The molecule has 0 amide bonds. The van der Waals surface area contributed by atoms with Crippen LogP contribution in [0.5, 0.6) is 34.5 Å². The second-order valence-corrected chi connectivity index (χ2v) is 23.0. The molecule has 6 aliphatic rings. The molecule has 12 heteroatoms. The van der Waals surface area contributed by atoms with E-state index in [1.54, 1.807) is 0 Å². The molecule has 6 atom stereocenters. The van der Waals surface area contributed by atoms with Crippen LogP contribution in [0.15, 0.2) is 146 Å². The molecule has 6 aliphatic heterocycles. The van der Waals surface area contributed by atoms with E-state index in [0.717, 1.165) is 74.1 Å². The maximum atomic E-state index is 5.72. The van der Waals surface area contributed by atoms with Crippen LogP contribution in [0.1, 0.15) is 143 Å². The monoisotopic (exact) mass is 1170 g/mol. The van der Waals surface area contributed by atoms with Crippen molar-refractivity contribution in [1.29, 1.82) is 0 Å². The van der Waals surface area contributed by atoms with Crippen molar-refractivity contribution >= 4 is 0 Å². The second kappa shape index (κ2) is 34.3. The van der Waals surface area contributed by atoms with Crippen molar-refractivity contribution in [2.24, 2.45) is 0 Å². The number of hydrogen-bond donors (Lipinski definition) is 0. The Morgan fingerprint density at radius 3 is 0.459 bits per heavy atom. The highest BCUT2D eigenvalue weighted by molar-refractivity contribution is 5.45. The lowest BCUT2D eigenvalue weighted by Gasteiger charge is -2.26. The average molecular weight is 1170 g/mol. The molecule has 12 nitrogen and oxygen atoms in total. The first kappa shape index (κ1) is 68.0. The van der Waals surface area contributed by atoms with Gasteiger partial charge < -0.3 is 56.8 Å². The van der Waals surface area contributed by atoms with Crippen LogP contribution in [0.3, 0.4) is 0 Å².